The molecule has 0 amide bonds. The van der Waals surface area contributed by atoms with Crippen LogP contribution in [-0.2, 0) is 6.54 Å². The molecule has 96 valence electrons. The summed E-state index contributed by atoms with van der Waals surface area (Å²) in [5, 5.41) is 14.5. The number of aliphatic hydroxyl groups is 1. The second-order valence-electron chi connectivity index (χ2n) is 4.07. The van der Waals surface area contributed by atoms with Gasteiger partial charge < -0.3 is 5.11 Å². The van der Waals surface area contributed by atoms with Crippen molar-refractivity contribution in [2.75, 3.05) is 0 Å². The molecule has 1 aromatic heterocycles. The average molecular weight is 313 g/mol. The van der Waals surface area contributed by atoms with E-state index in [2.05, 4.69) is 21.0 Å². The number of hydrogen-bond donors (Lipinski definition) is 1. The molecule has 1 unspecified atom stereocenters. The molecule has 2 rings (SSSR count). The highest BCUT2D eigenvalue weighted by Crippen LogP contribution is 2.30. The van der Waals surface area contributed by atoms with E-state index in [4.69, 9.17) is 0 Å². The van der Waals surface area contributed by atoms with E-state index >= 15 is 0 Å². The number of rotatable bonds is 3. The molecule has 2 aromatic rings. The molecule has 1 aromatic carbocycles. The predicted molar refractivity (Wildman–Crippen MR) is 70.8 cm³/mol. The summed E-state index contributed by atoms with van der Waals surface area (Å²) in [6, 6.07) is 5.00. The van der Waals surface area contributed by atoms with E-state index in [1.807, 2.05) is 6.92 Å². The van der Waals surface area contributed by atoms with Crippen LogP contribution in [-0.4, -0.2) is 14.9 Å². The van der Waals surface area contributed by atoms with Crippen molar-refractivity contribution in [1.29, 1.82) is 0 Å². The zero-order valence-corrected chi connectivity index (χ0v) is 11.8. The first kappa shape index (κ1) is 13.2. The fraction of sp³-hybridized carbons (Fsp3) is 0.308. The number of benzene rings is 1. The molecule has 0 fully saturated rings. The van der Waals surface area contributed by atoms with Gasteiger partial charge in [-0.2, -0.15) is 5.10 Å². The van der Waals surface area contributed by atoms with Crippen LogP contribution >= 0.6 is 15.9 Å². The minimum absolute atomic E-state index is 0.269. The van der Waals surface area contributed by atoms with Crippen LogP contribution in [0.4, 0.5) is 4.39 Å². The molecule has 0 spiro atoms. The lowest BCUT2D eigenvalue weighted by Crippen LogP contribution is -2.11. The zero-order valence-electron chi connectivity index (χ0n) is 10.2. The Labute approximate surface area is 113 Å². The Balaban J connectivity index is 2.51. The van der Waals surface area contributed by atoms with Crippen molar-refractivity contribution in [2.45, 2.75) is 26.5 Å². The van der Waals surface area contributed by atoms with E-state index in [1.54, 1.807) is 36.0 Å². The number of aromatic nitrogens is 2. The fourth-order valence-corrected chi connectivity index (χ4v) is 2.44. The smallest absolute Gasteiger partial charge is 0.132 e. The van der Waals surface area contributed by atoms with Gasteiger partial charge in [-0.05, 0) is 35.3 Å². The Bertz CT molecular complexity index is 568. The molecule has 0 radical (unpaired) electrons. The third-order valence-corrected chi connectivity index (χ3v) is 3.52. The molecule has 0 bridgehead atoms. The van der Waals surface area contributed by atoms with Gasteiger partial charge in [0.1, 0.15) is 11.9 Å². The average Bonchev–Trinajstić information content (AvgIpc) is 2.73. The summed E-state index contributed by atoms with van der Waals surface area (Å²) in [4.78, 5) is 0. The van der Waals surface area contributed by atoms with Crippen LogP contribution in [0.25, 0.3) is 0 Å². The Morgan fingerprint density at radius 2 is 2.22 bits per heavy atom. The van der Waals surface area contributed by atoms with E-state index in [0.29, 0.717) is 22.3 Å². The highest BCUT2D eigenvalue weighted by molar-refractivity contribution is 9.10. The van der Waals surface area contributed by atoms with Gasteiger partial charge in [0.05, 0.1) is 16.4 Å². The van der Waals surface area contributed by atoms with Crippen molar-refractivity contribution in [2.24, 2.45) is 0 Å². The van der Waals surface area contributed by atoms with Crippen molar-refractivity contribution < 1.29 is 9.50 Å². The molecule has 3 nitrogen and oxygen atoms in total. The van der Waals surface area contributed by atoms with Gasteiger partial charge in [-0.25, -0.2) is 4.39 Å². The van der Waals surface area contributed by atoms with Gasteiger partial charge in [0.2, 0.25) is 0 Å². The Morgan fingerprint density at radius 1 is 1.50 bits per heavy atom. The lowest BCUT2D eigenvalue weighted by molar-refractivity contribution is 0.202. The fourth-order valence-electron chi connectivity index (χ4n) is 1.92. The highest BCUT2D eigenvalue weighted by Gasteiger charge is 2.22. The Kier molecular flexibility index (Phi) is 3.82. The van der Waals surface area contributed by atoms with Crippen LogP contribution in [0.3, 0.4) is 0 Å². The number of nitrogens with zero attached hydrogens (tertiary/aromatic N) is 2. The topological polar surface area (TPSA) is 38.0 Å². The molecular weight excluding hydrogens is 299 g/mol. The van der Waals surface area contributed by atoms with Crippen LogP contribution in [0.2, 0.25) is 0 Å². The highest BCUT2D eigenvalue weighted by atomic mass is 79.9. The molecule has 1 atom stereocenters. The molecule has 1 N–H and O–H groups in total. The SMILES string of the molecule is CCn1ncc(Br)c1C(O)c1cccc(C)c1F. The summed E-state index contributed by atoms with van der Waals surface area (Å²) in [7, 11) is 0. The van der Waals surface area contributed by atoms with Gasteiger partial charge in [-0.1, -0.05) is 18.2 Å². The minimum Gasteiger partial charge on any atom is -0.382 e. The molecular formula is C13H14BrFN2O. The van der Waals surface area contributed by atoms with E-state index in [-0.39, 0.29) is 11.4 Å². The lowest BCUT2D eigenvalue weighted by atomic mass is 10.0. The first-order chi connectivity index (χ1) is 8.56. The number of aliphatic hydroxyl groups excluding tert-OH is 1. The van der Waals surface area contributed by atoms with E-state index < -0.39 is 6.10 Å². The van der Waals surface area contributed by atoms with Gasteiger partial charge in [-0.15, -0.1) is 0 Å². The summed E-state index contributed by atoms with van der Waals surface area (Å²) in [6.07, 6.45) is 0.581. The van der Waals surface area contributed by atoms with Crippen LogP contribution in [0.5, 0.6) is 0 Å². The first-order valence-electron chi connectivity index (χ1n) is 5.70. The summed E-state index contributed by atoms with van der Waals surface area (Å²) in [5.74, 6) is -0.374. The van der Waals surface area contributed by atoms with Crippen molar-refractivity contribution in [3.05, 3.63) is 51.5 Å². The second-order valence-corrected chi connectivity index (χ2v) is 4.93. The van der Waals surface area contributed by atoms with Gasteiger partial charge in [0.15, 0.2) is 0 Å². The molecule has 0 saturated carbocycles. The maximum absolute atomic E-state index is 14.0. The maximum atomic E-state index is 14.0. The van der Waals surface area contributed by atoms with Crippen molar-refractivity contribution >= 4 is 15.9 Å². The van der Waals surface area contributed by atoms with Crippen LogP contribution < -0.4 is 0 Å². The molecule has 1 heterocycles. The quantitative estimate of drug-likeness (QED) is 0.945. The molecule has 18 heavy (non-hydrogen) atoms. The molecule has 0 saturated heterocycles. The van der Waals surface area contributed by atoms with Crippen molar-refractivity contribution in [3.8, 4) is 0 Å². The largest absolute Gasteiger partial charge is 0.382 e. The summed E-state index contributed by atoms with van der Waals surface area (Å²) < 4.78 is 16.3. The normalized spacial score (nSPS) is 12.7. The van der Waals surface area contributed by atoms with E-state index in [1.165, 1.54) is 0 Å². The summed E-state index contributed by atoms with van der Waals surface area (Å²) in [6.45, 7) is 4.21. The van der Waals surface area contributed by atoms with Crippen molar-refractivity contribution in [3.63, 3.8) is 0 Å². The Hall–Kier alpha value is -1.20. The van der Waals surface area contributed by atoms with Crippen molar-refractivity contribution in [1.82, 2.24) is 9.78 Å². The van der Waals surface area contributed by atoms with Gasteiger partial charge in [0.25, 0.3) is 0 Å². The first-order valence-corrected chi connectivity index (χ1v) is 6.49. The number of aryl methyl sites for hydroxylation is 2. The monoisotopic (exact) mass is 312 g/mol. The standard InChI is InChI=1S/C13H14BrFN2O/c1-3-17-12(10(14)7-16-17)13(18)9-6-4-5-8(2)11(9)15/h4-7,13,18H,3H2,1-2H3. The van der Waals surface area contributed by atoms with Gasteiger partial charge in [0, 0.05) is 12.1 Å². The zero-order chi connectivity index (χ0) is 13.3. The van der Waals surface area contributed by atoms with E-state index in [9.17, 15) is 9.50 Å². The van der Waals surface area contributed by atoms with Gasteiger partial charge in [-0.3, -0.25) is 4.68 Å². The lowest BCUT2D eigenvalue weighted by Gasteiger charge is -2.15. The molecule has 0 aliphatic rings. The number of halogens is 2. The second kappa shape index (κ2) is 5.20. The maximum Gasteiger partial charge on any atom is 0.132 e. The molecule has 0 aliphatic heterocycles. The van der Waals surface area contributed by atoms with E-state index in [0.717, 1.165) is 0 Å². The van der Waals surface area contributed by atoms with Crippen LogP contribution in [0, 0.1) is 12.7 Å². The molecule has 5 heteroatoms. The third kappa shape index (κ3) is 2.20. The minimum atomic E-state index is -1.03. The molecule has 0 aliphatic carbocycles. The predicted octanol–water partition coefficient (Wildman–Crippen LogP) is 3.19. The summed E-state index contributed by atoms with van der Waals surface area (Å²) >= 11 is 3.33. The summed E-state index contributed by atoms with van der Waals surface area (Å²) in [5.41, 5.74) is 1.36. The number of hydrogen-bond acceptors (Lipinski definition) is 2. The van der Waals surface area contributed by atoms with Crippen LogP contribution in [0.1, 0.15) is 29.8 Å². The van der Waals surface area contributed by atoms with Gasteiger partial charge >= 0.3 is 0 Å². The third-order valence-electron chi connectivity index (χ3n) is 2.91. The van der Waals surface area contributed by atoms with Crippen LogP contribution in [0.15, 0.2) is 28.9 Å². The Morgan fingerprint density at radius 3 is 2.89 bits per heavy atom.